The van der Waals surface area contributed by atoms with Crippen molar-refractivity contribution in [3.05, 3.63) is 0 Å². The number of hydrogen-bond donors (Lipinski definition) is 1. The van der Waals surface area contributed by atoms with Crippen LogP contribution >= 0.6 is 0 Å². The number of aliphatic hydroxyl groups excluding tert-OH is 1. The van der Waals surface area contributed by atoms with E-state index in [9.17, 15) is 14.7 Å². The van der Waals surface area contributed by atoms with Crippen LogP contribution in [0.3, 0.4) is 0 Å². The van der Waals surface area contributed by atoms with E-state index in [2.05, 4.69) is 0 Å². The summed E-state index contributed by atoms with van der Waals surface area (Å²) in [5.41, 5.74) is -0.944. The fourth-order valence-corrected chi connectivity index (χ4v) is 2.17. The van der Waals surface area contributed by atoms with Crippen molar-refractivity contribution in [2.75, 3.05) is 0 Å². The van der Waals surface area contributed by atoms with Crippen LogP contribution < -0.4 is 0 Å². The summed E-state index contributed by atoms with van der Waals surface area (Å²) in [5, 5.41) is 9.90. The third-order valence-corrected chi connectivity index (χ3v) is 3.28. The highest BCUT2D eigenvalue weighted by Crippen LogP contribution is 2.43. The number of ether oxygens (including phenoxy) is 1. The number of rotatable bonds is 2. The lowest BCUT2D eigenvalue weighted by molar-refractivity contribution is -0.209. The minimum Gasteiger partial charge on any atom is -0.457 e. The molecular formula is C10H15NO4. The number of likely N-dealkylation sites (tertiary alicyclic amines) is 1. The van der Waals surface area contributed by atoms with E-state index in [1.54, 1.807) is 20.8 Å². The number of aliphatic hydroxyl groups is 1. The van der Waals surface area contributed by atoms with Gasteiger partial charge in [0.2, 0.25) is 5.91 Å². The summed E-state index contributed by atoms with van der Waals surface area (Å²) in [7, 11) is 0. The maximum absolute atomic E-state index is 11.7. The maximum Gasteiger partial charge on any atom is 0.336 e. The number of esters is 1. The summed E-state index contributed by atoms with van der Waals surface area (Å²) in [6.07, 6.45) is -1.11. The molecule has 0 saturated carbocycles. The zero-order chi connectivity index (χ0) is 11.4. The molecule has 0 aromatic heterocycles. The van der Waals surface area contributed by atoms with E-state index in [1.165, 1.54) is 4.90 Å². The maximum atomic E-state index is 11.7. The van der Waals surface area contributed by atoms with Crippen molar-refractivity contribution in [3.63, 3.8) is 0 Å². The van der Waals surface area contributed by atoms with Gasteiger partial charge in [-0.15, -0.1) is 0 Å². The monoisotopic (exact) mass is 213 g/mol. The van der Waals surface area contributed by atoms with Crippen molar-refractivity contribution in [1.29, 1.82) is 0 Å². The molecule has 0 aromatic carbocycles. The third kappa shape index (κ3) is 1.13. The minimum atomic E-state index is -0.944. The summed E-state index contributed by atoms with van der Waals surface area (Å²) >= 11 is 0. The highest BCUT2D eigenvalue weighted by Gasteiger charge is 2.66. The first-order chi connectivity index (χ1) is 6.89. The van der Waals surface area contributed by atoms with Crippen LogP contribution in [-0.2, 0) is 14.3 Å². The van der Waals surface area contributed by atoms with Gasteiger partial charge in [-0.2, -0.15) is 0 Å². The predicted molar refractivity (Wildman–Crippen MR) is 50.6 cm³/mol. The summed E-state index contributed by atoms with van der Waals surface area (Å²) in [6, 6.07) is 0. The fourth-order valence-electron chi connectivity index (χ4n) is 2.17. The van der Waals surface area contributed by atoms with Crippen LogP contribution in [0.15, 0.2) is 0 Å². The Morgan fingerprint density at radius 3 is 2.60 bits per heavy atom. The van der Waals surface area contributed by atoms with Gasteiger partial charge in [0.15, 0.2) is 5.54 Å². The normalized spacial score (nSPS) is 36.3. The predicted octanol–water partition coefficient (Wildman–Crippen LogP) is -0.123. The van der Waals surface area contributed by atoms with E-state index in [-0.39, 0.29) is 24.3 Å². The zero-order valence-corrected chi connectivity index (χ0v) is 9.06. The van der Waals surface area contributed by atoms with Crippen molar-refractivity contribution in [2.24, 2.45) is 5.92 Å². The van der Waals surface area contributed by atoms with Gasteiger partial charge in [-0.05, 0) is 12.8 Å². The first-order valence-corrected chi connectivity index (χ1v) is 5.10. The molecule has 2 saturated heterocycles. The van der Waals surface area contributed by atoms with E-state index in [4.69, 9.17) is 4.74 Å². The van der Waals surface area contributed by atoms with Gasteiger partial charge in [0.1, 0.15) is 12.3 Å². The second-order valence-electron chi connectivity index (χ2n) is 4.67. The van der Waals surface area contributed by atoms with Crippen LogP contribution in [0.5, 0.6) is 0 Å². The van der Waals surface area contributed by atoms with E-state index in [1.807, 2.05) is 0 Å². The lowest BCUT2D eigenvalue weighted by Gasteiger charge is -2.46. The van der Waals surface area contributed by atoms with Crippen molar-refractivity contribution < 1.29 is 19.4 Å². The van der Waals surface area contributed by atoms with Gasteiger partial charge < -0.3 is 9.84 Å². The average molecular weight is 213 g/mol. The number of nitrogens with zero attached hydrogens (tertiary/aromatic N) is 1. The standard InChI is InChI=1S/C10H15NO4/c1-5(2)8(13)11-7(12)4-6-10(11,3)9(14)15-6/h5-6,8,13H,4H2,1-3H3/t6-,8+,10-/m1/s1. The molecular weight excluding hydrogens is 198 g/mol. The van der Waals surface area contributed by atoms with Gasteiger partial charge >= 0.3 is 5.97 Å². The van der Waals surface area contributed by atoms with Crippen molar-refractivity contribution in [2.45, 2.75) is 45.1 Å². The van der Waals surface area contributed by atoms with Crippen LogP contribution in [0.25, 0.3) is 0 Å². The fraction of sp³-hybridized carbons (Fsp3) is 0.800. The molecule has 2 fully saturated rings. The van der Waals surface area contributed by atoms with Crippen LogP contribution in [0.4, 0.5) is 0 Å². The molecule has 1 N–H and O–H groups in total. The molecule has 84 valence electrons. The molecule has 2 aliphatic rings. The van der Waals surface area contributed by atoms with Gasteiger partial charge in [0, 0.05) is 0 Å². The summed E-state index contributed by atoms with van der Waals surface area (Å²) in [5.74, 6) is -0.731. The second-order valence-corrected chi connectivity index (χ2v) is 4.67. The average Bonchev–Trinajstić information content (AvgIpc) is 2.35. The van der Waals surface area contributed by atoms with Gasteiger partial charge in [-0.25, -0.2) is 4.79 Å². The zero-order valence-electron chi connectivity index (χ0n) is 9.06. The van der Waals surface area contributed by atoms with Gasteiger partial charge in [0.05, 0.1) is 6.42 Å². The summed E-state index contributed by atoms with van der Waals surface area (Å²) < 4.78 is 4.88. The molecule has 0 aromatic rings. The highest BCUT2D eigenvalue weighted by atomic mass is 16.6. The molecule has 0 bridgehead atoms. The number of carbonyl (C=O) groups excluding carboxylic acids is 2. The smallest absolute Gasteiger partial charge is 0.336 e. The van der Waals surface area contributed by atoms with Crippen molar-refractivity contribution >= 4 is 11.9 Å². The Hall–Kier alpha value is -1.10. The van der Waals surface area contributed by atoms with Crippen LogP contribution in [0.2, 0.25) is 0 Å². The first kappa shape index (κ1) is 10.4. The highest BCUT2D eigenvalue weighted by molar-refractivity contribution is 5.97. The van der Waals surface area contributed by atoms with Crippen molar-refractivity contribution in [1.82, 2.24) is 4.90 Å². The Morgan fingerprint density at radius 1 is 1.53 bits per heavy atom. The second kappa shape index (κ2) is 2.95. The Balaban J connectivity index is 2.30. The SMILES string of the molecule is CC(C)[C@H](O)N1C(=O)C[C@H]2OC(=O)[C@@]21C. The topological polar surface area (TPSA) is 66.8 Å². The third-order valence-electron chi connectivity index (χ3n) is 3.28. The molecule has 0 spiro atoms. The molecule has 0 unspecified atom stereocenters. The molecule has 5 nitrogen and oxygen atoms in total. The Labute approximate surface area is 88.0 Å². The Bertz CT molecular complexity index is 327. The molecule has 2 heterocycles. The largest absolute Gasteiger partial charge is 0.457 e. The van der Waals surface area contributed by atoms with E-state index < -0.39 is 17.7 Å². The molecule has 0 aliphatic carbocycles. The molecule has 3 atom stereocenters. The molecule has 2 aliphatic heterocycles. The molecule has 0 radical (unpaired) electrons. The lowest BCUT2D eigenvalue weighted by Crippen LogP contribution is -2.67. The number of fused-ring (bicyclic) bond motifs is 1. The lowest BCUT2D eigenvalue weighted by atomic mass is 9.89. The van der Waals surface area contributed by atoms with E-state index in [0.717, 1.165) is 0 Å². The minimum absolute atomic E-state index is 0.0991. The summed E-state index contributed by atoms with van der Waals surface area (Å²) in [4.78, 5) is 24.3. The quantitative estimate of drug-likeness (QED) is 0.649. The molecule has 1 amide bonds. The Kier molecular flexibility index (Phi) is 2.05. The van der Waals surface area contributed by atoms with Crippen LogP contribution in [-0.4, -0.2) is 39.8 Å². The molecule has 2 rings (SSSR count). The number of hydrogen-bond acceptors (Lipinski definition) is 4. The Morgan fingerprint density at radius 2 is 2.13 bits per heavy atom. The van der Waals surface area contributed by atoms with Crippen molar-refractivity contribution in [3.8, 4) is 0 Å². The van der Waals surface area contributed by atoms with Gasteiger partial charge in [0.25, 0.3) is 0 Å². The van der Waals surface area contributed by atoms with Crippen LogP contribution in [0.1, 0.15) is 27.2 Å². The van der Waals surface area contributed by atoms with Gasteiger partial charge in [-0.1, -0.05) is 13.8 Å². The number of amides is 1. The van der Waals surface area contributed by atoms with Gasteiger partial charge in [-0.3, -0.25) is 9.69 Å². The van der Waals surface area contributed by atoms with E-state index in [0.29, 0.717) is 0 Å². The number of carbonyl (C=O) groups is 2. The first-order valence-electron chi connectivity index (χ1n) is 5.10. The molecule has 5 heteroatoms. The van der Waals surface area contributed by atoms with E-state index >= 15 is 0 Å². The molecule has 15 heavy (non-hydrogen) atoms. The van der Waals surface area contributed by atoms with Crippen LogP contribution in [0, 0.1) is 5.92 Å². The summed E-state index contributed by atoms with van der Waals surface area (Å²) in [6.45, 7) is 5.26.